The molecule has 3 rings (SSSR count). The Morgan fingerprint density at radius 2 is 1.93 bits per heavy atom. The van der Waals surface area contributed by atoms with E-state index in [2.05, 4.69) is 44.2 Å². The minimum absolute atomic E-state index is 0.607. The van der Waals surface area contributed by atoms with Crippen LogP contribution in [0.4, 0.5) is 0 Å². The monoisotopic (exact) mass is 200 g/mol. The Labute approximate surface area is 92.7 Å². The van der Waals surface area contributed by atoms with Crippen molar-refractivity contribution in [3.8, 4) is 0 Å². The molecule has 0 radical (unpaired) electrons. The zero-order valence-corrected chi connectivity index (χ0v) is 9.74. The summed E-state index contributed by atoms with van der Waals surface area (Å²) < 4.78 is 0. The number of hydrogen-bond donors (Lipinski definition) is 0. The lowest BCUT2D eigenvalue weighted by Crippen LogP contribution is -2.08. The molecule has 2 aliphatic rings. The molecule has 15 heavy (non-hydrogen) atoms. The van der Waals surface area contributed by atoms with Crippen LogP contribution in [0.25, 0.3) is 0 Å². The zero-order chi connectivity index (χ0) is 10.5. The first-order chi connectivity index (χ1) is 7.24. The van der Waals surface area contributed by atoms with Gasteiger partial charge in [-0.05, 0) is 48.0 Å². The molecule has 0 saturated heterocycles. The number of hydrogen-bond acceptors (Lipinski definition) is 0. The SMILES string of the molecule is CC(C)[C@H]1CC[C@]2(c3ccccc3)CC12. The molecule has 0 N–H and O–H groups in total. The summed E-state index contributed by atoms with van der Waals surface area (Å²) in [6.45, 7) is 4.79. The van der Waals surface area contributed by atoms with Crippen LogP contribution in [0.1, 0.15) is 38.7 Å². The predicted molar refractivity (Wildman–Crippen MR) is 63.8 cm³/mol. The highest BCUT2D eigenvalue weighted by atomic mass is 14.7. The second-order valence-electron chi connectivity index (χ2n) is 5.78. The first kappa shape index (κ1) is 9.45. The third-order valence-electron chi connectivity index (χ3n) is 4.78. The lowest BCUT2D eigenvalue weighted by Gasteiger charge is -2.14. The van der Waals surface area contributed by atoms with Crippen molar-refractivity contribution in [1.29, 1.82) is 0 Å². The van der Waals surface area contributed by atoms with Crippen molar-refractivity contribution >= 4 is 0 Å². The third kappa shape index (κ3) is 1.27. The van der Waals surface area contributed by atoms with Crippen molar-refractivity contribution < 1.29 is 0 Å². The Hall–Kier alpha value is -0.780. The van der Waals surface area contributed by atoms with Gasteiger partial charge in [-0.2, -0.15) is 0 Å². The summed E-state index contributed by atoms with van der Waals surface area (Å²) in [6, 6.07) is 11.2. The Kier molecular flexibility index (Phi) is 1.95. The third-order valence-corrected chi connectivity index (χ3v) is 4.78. The maximum absolute atomic E-state index is 2.39. The fraction of sp³-hybridized carbons (Fsp3) is 0.600. The van der Waals surface area contributed by atoms with Gasteiger partial charge in [0.05, 0.1) is 0 Å². The van der Waals surface area contributed by atoms with E-state index in [1.807, 2.05) is 0 Å². The molecular weight excluding hydrogens is 180 g/mol. The Morgan fingerprint density at radius 1 is 1.20 bits per heavy atom. The number of benzene rings is 1. The van der Waals surface area contributed by atoms with Gasteiger partial charge in [0.1, 0.15) is 0 Å². The summed E-state index contributed by atoms with van der Waals surface area (Å²) in [6.07, 6.45) is 4.35. The Balaban J connectivity index is 1.87. The molecule has 1 unspecified atom stereocenters. The molecule has 0 amide bonds. The quantitative estimate of drug-likeness (QED) is 0.676. The lowest BCUT2D eigenvalue weighted by atomic mass is 9.91. The molecule has 0 heterocycles. The summed E-state index contributed by atoms with van der Waals surface area (Å²) in [5.41, 5.74) is 2.22. The first-order valence-corrected chi connectivity index (χ1v) is 6.29. The van der Waals surface area contributed by atoms with E-state index in [-0.39, 0.29) is 0 Å². The number of rotatable bonds is 2. The van der Waals surface area contributed by atoms with Crippen LogP contribution in [-0.4, -0.2) is 0 Å². The van der Waals surface area contributed by atoms with Gasteiger partial charge in [0.15, 0.2) is 0 Å². The maximum Gasteiger partial charge on any atom is -0.00125 e. The average molecular weight is 200 g/mol. The van der Waals surface area contributed by atoms with Crippen LogP contribution < -0.4 is 0 Å². The fourth-order valence-corrected chi connectivity index (χ4v) is 3.85. The molecule has 0 nitrogen and oxygen atoms in total. The number of fused-ring (bicyclic) bond motifs is 1. The average Bonchev–Trinajstić information content (AvgIpc) is 2.87. The summed E-state index contributed by atoms with van der Waals surface area (Å²) in [7, 11) is 0. The predicted octanol–water partition coefficient (Wildman–Crippen LogP) is 4.01. The summed E-state index contributed by atoms with van der Waals surface area (Å²) in [5, 5.41) is 0. The minimum Gasteiger partial charge on any atom is -0.0625 e. The van der Waals surface area contributed by atoms with Crippen LogP contribution in [0.2, 0.25) is 0 Å². The van der Waals surface area contributed by atoms with E-state index in [1.165, 1.54) is 19.3 Å². The fourth-order valence-electron chi connectivity index (χ4n) is 3.85. The molecule has 2 aliphatic carbocycles. The normalized spacial score (nSPS) is 38.1. The Bertz CT molecular complexity index is 352. The van der Waals surface area contributed by atoms with E-state index in [9.17, 15) is 0 Å². The van der Waals surface area contributed by atoms with Gasteiger partial charge >= 0.3 is 0 Å². The van der Waals surface area contributed by atoms with Crippen molar-refractivity contribution in [2.45, 2.75) is 38.5 Å². The summed E-state index contributed by atoms with van der Waals surface area (Å²) in [5.74, 6) is 2.87. The van der Waals surface area contributed by atoms with E-state index in [0.29, 0.717) is 5.41 Å². The Morgan fingerprint density at radius 3 is 2.47 bits per heavy atom. The van der Waals surface area contributed by atoms with Gasteiger partial charge in [-0.1, -0.05) is 44.2 Å². The van der Waals surface area contributed by atoms with E-state index in [1.54, 1.807) is 5.56 Å². The largest absolute Gasteiger partial charge is 0.0625 e. The van der Waals surface area contributed by atoms with E-state index < -0.39 is 0 Å². The van der Waals surface area contributed by atoms with Gasteiger partial charge in [-0.3, -0.25) is 0 Å². The molecule has 0 aromatic heterocycles. The molecule has 0 aliphatic heterocycles. The van der Waals surface area contributed by atoms with Crippen LogP contribution >= 0.6 is 0 Å². The van der Waals surface area contributed by atoms with Crippen LogP contribution in [0, 0.1) is 17.8 Å². The van der Waals surface area contributed by atoms with Crippen molar-refractivity contribution in [2.24, 2.45) is 17.8 Å². The van der Waals surface area contributed by atoms with Crippen LogP contribution in [0.3, 0.4) is 0 Å². The highest BCUT2D eigenvalue weighted by molar-refractivity contribution is 5.36. The second-order valence-corrected chi connectivity index (χ2v) is 5.78. The summed E-state index contributed by atoms with van der Waals surface area (Å²) >= 11 is 0. The first-order valence-electron chi connectivity index (χ1n) is 6.29. The van der Waals surface area contributed by atoms with Gasteiger partial charge in [0, 0.05) is 0 Å². The molecule has 80 valence electrons. The minimum atomic E-state index is 0.607. The van der Waals surface area contributed by atoms with Crippen molar-refractivity contribution in [3.05, 3.63) is 35.9 Å². The van der Waals surface area contributed by atoms with Gasteiger partial charge in [-0.15, -0.1) is 0 Å². The van der Waals surface area contributed by atoms with E-state index >= 15 is 0 Å². The van der Waals surface area contributed by atoms with Crippen LogP contribution in [0.15, 0.2) is 30.3 Å². The van der Waals surface area contributed by atoms with Crippen LogP contribution in [0.5, 0.6) is 0 Å². The molecule has 0 spiro atoms. The van der Waals surface area contributed by atoms with Gasteiger partial charge in [0.25, 0.3) is 0 Å². The van der Waals surface area contributed by atoms with E-state index in [0.717, 1.165) is 17.8 Å². The standard InChI is InChI=1S/C15H20/c1-11(2)13-8-9-15(10-14(13)15)12-6-4-3-5-7-12/h3-7,11,13-14H,8-10H2,1-2H3/t13-,14?,15-/m1/s1. The second kappa shape index (κ2) is 3.10. The molecule has 0 heteroatoms. The molecule has 1 aromatic rings. The van der Waals surface area contributed by atoms with Gasteiger partial charge in [-0.25, -0.2) is 0 Å². The lowest BCUT2D eigenvalue weighted by molar-refractivity contribution is 0.352. The zero-order valence-electron chi connectivity index (χ0n) is 9.74. The maximum atomic E-state index is 2.39. The molecular formula is C15H20. The highest BCUT2D eigenvalue weighted by Crippen LogP contribution is 2.68. The van der Waals surface area contributed by atoms with Crippen LogP contribution in [-0.2, 0) is 5.41 Å². The van der Waals surface area contributed by atoms with Crippen molar-refractivity contribution in [1.82, 2.24) is 0 Å². The van der Waals surface area contributed by atoms with Crippen molar-refractivity contribution in [3.63, 3.8) is 0 Å². The van der Waals surface area contributed by atoms with E-state index in [4.69, 9.17) is 0 Å². The smallest absolute Gasteiger partial charge is 0.00125 e. The molecule has 0 bridgehead atoms. The van der Waals surface area contributed by atoms with Gasteiger partial charge < -0.3 is 0 Å². The van der Waals surface area contributed by atoms with Crippen molar-refractivity contribution in [2.75, 3.05) is 0 Å². The molecule has 3 atom stereocenters. The van der Waals surface area contributed by atoms with Gasteiger partial charge in [0.2, 0.25) is 0 Å². The highest BCUT2D eigenvalue weighted by Gasteiger charge is 2.62. The molecule has 1 aromatic carbocycles. The topological polar surface area (TPSA) is 0 Å². The summed E-state index contributed by atoms with van der Waals surface area (Å²) in [4.78, 5) is 0. The molecule has 2 fully saturated rings. The molecule has 2 saturated carbocycles.